The molecule has 7 nitrogen and oxygen atoms in total. The Morgan fingerprint density at radius 2 is 1.94 bits per heavy atom. The van der Waals surface area contributed by atoms with Gasteiger partial charge in [-0.05, 0) is 56.0 Å². The Hall–Kier alpha value is -3.52. The third kappa shape index (κ3) is 4.20. The first-order valence-corrected chi connectivity index (χ1v) is 10.8. The van der Waals surface area contributed by atoms with Crippen molar-refractivity contribution in [1.82, 2.24) is 14.8 Å². The van der Waals surface area contributed by atoms with Gasteiger partial charge in [-0.25, -0.2) is 9.67 Å². The predicted octanol–water partition coefficient (Wildman–Crippen LogP) is 5.26. The van der Waals surface area contributed by atoms with Gasteiger partial charge in [-0.2, -0.15) is 5.10 Å². The molecular weight excluding hydrogens is 410 g/mol. The summed E-state index contributed by atoms with van der Waals surface area (Å²) in [4.78, 5) is 30.5. The number of pyridine rings is 1. The van der Waals surface area contributed by atoms with Crippen LogP contribution in [0.2, 0.25) is 0 Å². The van der Waals surface area contributed by atoms with Crippen LogP contribution >= 0.6 is 11.3 Å². The molecule has 0 fully saturated rings. The van der Waals surface area contributed by atoms with Crippen LogP contribution in [0.3, 0.4) is 0 Å². The van der Waals surface area contributed by atoms with Crippen LogP contribution < -0.4 is 10.6 Å². The molecule has 4 aromatic rings. The van der Waals surface area contributed by atoms with Crippen LogP contribution in [0, 0.1) is 6.92 Å². The van der Waals surface area contributed by atoms with E-state index in [4.69, 9.17) is 4.98 Å². The van der Waals surface area contributed by atoms with Gasteiger partial charge in [0.25, 0.3) is 5.91 Å². The molecule has 0 saturated carbocycles. The molecule has 2 N–H and O–H groups in total. The van der Waals surface area contributed by atoms with E-state index < -0.39 is 0 Å². The first-order chi connectivity index (χ1) is 14.8. The van der Waals surface area contributed by atoms with Crippen molar-refractivity contribution in [2.45, 2.75) is 33.7 Å². The third-order valence-corrected chi connectivity index (χ3v) is 5.77. The van der Waals surface area contributed by atoms with Gasteiger partial charge in [0.15, 0.2) is 5.65 Å². The number of hydrogen-bond acceptors (Lipinski definition) is 5. The summed E-state index contributed by atoms with van der Waals surface area (Å²) in [6, 6.07) is 11.3. The van der Waals surface area contributed by atoms with E-state index in [1.807, 2.05) is 55.1 Å². The van der Waals surface area contributed by atoms with E-state index in [-0.39, 0.29) is 17.9 Å². The fourth-order valence-electron chi connectivity index (χ4n) is 3.36. The summed E-state index contributed by atoms with van der Waals surface area (Å²) in [5.41, 5.74) is 4.08. The van der Waals surface area contributed by atoms with Crippen LogP contribution in [0.25, 0.3) is 21.6 Å². The Balaban J connectivity index is 1.76. The second kappa shape index (κ2) is 8.31. The number of nitrogens with one attached hydrogen (secondary N) is 2. The molecule has 0 saturated heterocycles. The molecule has 0 aliphatic rings. The lowest BCUT2D eigenvalue weighted by Gasteiger charge is -2.12. The number of aryl methyl sites for hydroxylation is 1. The molecule has 1 aromatic carbocycles. The summed E-state index contributed by atoms with van der Waals surface area (Å²) in [6.45, 7) is 7.41. The van der Waals surface area contributed by atoms with Gasteiger partial charge in [-0.3, -0.25) is 9.59 Å². The highest BCUT2D eigenvalue weighted by Crippen LogP contribution is 2.30. The number of rotatable bonds is 5. The zero-order valence-corrected chi connectivity index (χ0v) is 18.6. The van der Waals surface area contributed by atoms with Gasteiger partial charge in [-0.15, -0.1) is 11.3 Å². The molecule has 0 unspecified atom stereocenters. The van der Waals surface area contributed by atoms with Gasteiger partial charge in [0.2, 0.25) is 5.91 Å². The smallest absolute Gasteiger partial charge is 0.256 e. The predicted molar refractivity (Wildman–Crippen MR) is 125 cm³/mol. The molecule has 8 heteroatoms. The van der Waals surface area contributed by atoms with Gasteiger partial charge in [-0.1, -0.05) is 12.1 Å². The molecule has 3 aromatic heterocycles. The van der Waals surface area contributed by atoms with E-state index in [2.05, 4.69) is 15.7 Å². The fourth-order valence-corrected chi connectivity index (χ4v) is 4.04. The van der Waals surface area contributed by atoms with Crippen LogP contribution in [-0.2, 0) is 4.79 Å². The largest absolute Gasteiger partial charge is 0.326 e. The van der Waals surface area contributed by atoms with Gasteiger partial charge in [0.05, 0.1) is 27.7 Å². The number of benzene rings is 1. The van der Waals surface area contributed by atoms with Crippen molar-refractivity contribution in [2.24, 2.45) is 0 Å². The SMILES string of the molecule is CC(=O)Nc1cc(NC(=O)c2cc(-c3cccs3)nc3c2cnn3C(C)C)ccc1C. The average Bonchev–Trinajstić information content (AvgIpc) is 3.39. The minimum atomic E-state index is -0.258. The van der Waals surface area contributed by atoms with Crippen LogP contribution in [0.1, 0.15) is 42.7 Å². The monoisotopic (exact) mass is 433 g/mol. The molecule has 3 heterocycles. The second-order valence-corrected chi connectivity index (χ2v) is 8.57. The lowest BCUT2D eigenvalue weighted by atomic mass is 10.1. The minimum absolute atomic E-state index is 0.108. The molecule has 0 aliphatic carbocycles. The van der Waals surface area contributed by atoms with Crippen molar-refractivity contribution in [3.63, 3.8) is 0 Å². The highest BCUT2D eigenvalue weighted by molar-refractivity contribution is 7.13. The van der Waals surface area contributed by atoms with Crippen LogP contribution in [0.4, 0.5) is 11.4 Å². The lowest BCUT2D eigenvalue weighted by Crippen LogP contribution is -2.14. The first-order valence-electron chi connectivity index (χ1n) is 9.95. The molecule has 0 bridgehead atoms. The number of thiophene rings is 1. The number of nitrogens with zero attached hydrogens (tertiary/aromatic N) is 3. The maximum atomic E-state index is 13.3. The van der Waals surface area contributed by atoms with Crippen molar-refractivity contribution < 1.29 is 9.59 Å². The molecule has 4 rings (SSSR count). The van der Waals surface area contributed by atoms with Crippen LogP contribution in [-0.4, -0.2) is 26.6 Å². The van der Waals surface area contributed by atoms with Crippen molar-refractivity contribution >= 4 is 45.6 Å². The van der Waals surface area contributed by atoms with Crippen LogP contribution in [0.15, 0.2) is 48.0 Å². The summed E-state index contributed by atoms with van der Waals surface area (Å²) in [5.74, 6) is -0.421. The van der Waals surface area contributed by atoms with Gasteiger partial charge in [0.1, 0.15) is 0 Å². The highest BCUT2D eigenvalue weighted by Gasteiger charge is 2.19. The molecule has 31 heavy (non-hydrogen) atoms. The zero-order valence-electron chi connectivity index (χ0n) is 17.8. The van der Waals surface area contributed by atoms with E-state index in [1.54, 1.807) is 29.7 Å². The minimum Gasteiger partial charge on any atom is -0.326 e. The van der Waals surface area contributed by atoms with Gasteiger partial charge in [0, 0.05) is 24.3 Å². The van der Waals surface area contributed by atoms with Crippen molar-refractivity contribution in [3.05, 3.63) is 59.1 Å². The number of aromatic nitrogens is 3. The standard InChI is InChI=1S/C23H23N5O2S/c1-13(2)28-22-18(12-24-28)17(11-20(27-22)21-6-5-9-31-21)23(30)26-16-8-7-14(3)19(10-16)25-15(4)29/h5-13H,1-4H3,(H,25,29)(H,26,30). The number of carbonyl (C=O) groups excluding carboxylic acids is 2. The number of hydrogen-bond donors (Lipinski definition) is 2. The van der Waals surface area contributed by atoms with Crippen molar-refractivity contribution in [3.8, 4) is 10.6 Å². The van der Waals surface area contributed by atoms with Gasteiger partial charge < -0.3 is 10.6 Å². The van der Waals surface area contributed by atoms with E-state index in [0.29, 0.717) is 28.0 Å². The Kier molecular flexibility index (Phi) is 5.56. The van der Waals surface area contributed by atoms with E-state index >= 15 is 0 Å². The fraction of sp³-hybridized carbons (Fsp3) is 0.217. The van der Waals surface area contributed by atoms with E-state index in [1.165, 1.54) is 6.92 Å². The van der Waals surface area contributed by atoms with E-state index in [0.717, 1.165) is 16.1 Å². The summed E-state index contributed by atoms with van der Waals surface area (Å²) >= 11 is 1.57. The Morgan fingerprint density at radius 3 is 2.61 bits per heavy atom. The number of carbonyl (C=O) groups is 2. The maximum absolute atomic E-state index is 13.3. The van der Waals surface area contributed by atoms with E-state index in [9.17, 15) is 9.59 Å². The van der Waals surface area contributed by atoms with Crippen molar-refractivity contribution in [1.29, 1.82) is 0 Å². The molecule has 158 valence electrons. The number of amides is 2. The molecule has 0 radical (unpaired) electrons. The number of fused-ring (bicyclic) bond motifs is 1. The summed E-state index contributed by atoms with van der Waals surface area (Å²) in [7, 11) is 0. The molecule has 2 amide bonds. The molecule has 0 spiro atoms. The quantitative estimate of drug-likeness (QED) is 0.449. The maximum Gasteiger partial charge on any atom is 0.256 e. The number of anilines is 2. The topological polar surface area (TPSA) is 88.9 Å². The Labute approximate surface area is 184 Å². The van der Waals surface area contributed by atoms with Gasteiger partial charge >= 0.3 is 0 Å². The highest BCUT2D eigenvalue weighted by atomic mass is 32.1. The molecular formula is C23H23N5O2S. The van der Waals surface area contributed by atoms with Crippen molar-refractivity contribution in [2.75, 3.05) is 10.6 Å². The summed E-state index contributed by atoms with van der Waals surface area (Å²) in [6.07, 6.45) is 1.69. The average molecular weight is 434 g/mol. The van der Waals surface area contributed by atoms with Crippen LogP contribution in [0.5, 0.6) is 0 Å². The Bertz CT molecular complexity index is 1270. The normalized spacial score (nSPS) is 11.1. The summed E-state index contributed by atoms with van der Waals surface area (Å²) in [5, 5.41) is 12.9. The zero-order chi connectivity index (χ0) is 22.1. The second-order valence-electron chi connectivity index (χ2n) is 7.62. The lowest BCUT2D eigenvalue weighted by molar-refractivity contribution is -0.114. The summed E-state index contributed by atoms with van der Waals surface area (Å²) < 4.78 is 1.82. The Morgan fingerprint density at radius 1 is 1.13 bits per heavy atom. The first kappa shape index (κ1) is 20.7. The molecule has 0 atom stereocenters. The third-order valence-electron chi connectivity index (χ3n) is 4.88. The molecule has 0 aliphatic heterocycles.